The predicted molar refractivity (Wildman–Crippen MR) is 60.1 cm³/mol. The molecule has 0 amide bonds. The first-order valence-corrected chi connectivity index (χ1v) is 4.87. The zero-order valence-electron chi connectivity index (χ0n) is 8.04. The van der Waals surface area contributed by atoms with Crippen LogP contribution in [-0.2, 0) is 0 Å². The first kappa shape index (κ1) is 10.3. The molecule has 1 atom stereocenters. The van der Waals surface area contributed by atoms with E-state index in [4.69, 9.17) is 5.41 Å². The number of nitrogens with one attached hydrogen (secondary N) is 1. The van der Waals surface area contributed by atoms with Crippen molar-refractivity contribution in [3.63, 3.8) is 0 Å². The molecule has 0 fully saturated rings. The van der Waals surface area contributed by atoms with Gasteiger partial charge in [0.1, 0.15) is 0 Å². The van der Waals surface area contributed by atoms with Crippen molar-refractivity contribution in [2.45, 2.75) is 31.1 Å². The number of benzene rings is 1. The second kappa shape index (κ2) is 4.47. The lowest BCUT2D eigenvalue weighted by atomic mass is 9.96. The predicted octanol–water partition coefficient (Wildman–Crippen LogP) is 3.51. The maximum Gasteiger partial charge on any atom is 0.00642 e. The fraction of sp³-hybridized carbons (Fsp3) is 0.364. The molecule has 1 unspecified atom stereocenters. The lowest BCUT2D eigenvalue weighted by Gasteiger charge is -2.10. The molecule has 0 heterocycles. The van der Waals surface area contributed by atoms with Crippen molar-refractivity contribution >= 4 is 18.3 Å². The number of hydrogen-bond acceptors (Lipinski definition) is 2. The molecular weight excluding hydrogens is 178 g/mol. The summed E-state index contributed by atoms with van der Waals surface area (Å²) in [5.74, 6) is 0.437. The maximum absolute atomic E-state index is 7.40. The van der Waals surface area contributed by atoms with Gasteiger partial charge in [-0.25, -0.2) is 0 Å². The van der Waals surface area contributed by atoms with Crippen LogP contribution in [0.1, 0.15) is 31.7 Å². The molecule has 0 bridgehead atoms. The summed E-state index contributed by atoms with van der Waals surface area (Å²) < 4.78 is 0. The molecule has 1 N–H and O–H groups in total. The minimum absolute atomic E-state index is 0.437. The summed E-state index contributed by atoms with van der Waals surface area (Å²) in [6.45, 7) is 4.00. The van der Waals surface area contributed by atoms with E-state index in [1.165, 1.54) is 5.56 Å². The van der Waals surface area contributed by atoms with Crippen molar-refractivity contribution in [3.8, 4) is 0 Å². The molecule has 2 heteroatoms. The number of thiol groups is 1. The van der Waals surface area contributed by atoms with Crippen LogP contribution in [0.15, 0.2) is 29.2 Å². The zero-order chi connectivity index (χ0) is 9.84. The van der Waals surface area contributed by atoms with E-state index in [0.717, 1.165) is 17.0 Å². The lowest BCUT2D eigenvalue weighted by molar-refractivity contribution is 0.798. The van der Waals surface area contributed by atoms with E-state index >= 15 is 0 Å². The van der Waals surface area contributed by atoms with Crippen LogP contribution < -0.4 is 0 Å². The first-order chi connectivity index (χ1) is 6.09. The highest BCUT2D eigenvalue weighted by atomic mass is 32.1. The number of hydrogen-bond donors (Lipinski definition) is 2. The molecule has 70 valence electrons. The van der Waals surface area contributed by atoms with E-state index < -0.39 is 0 Å². The van der Waals surface area contributed by atoms with Gasteiger partial charge in [0.25, 0.3) is 0 Å². The summed E-state index contributed by atoms with van der Waals surface area (Å²) in [5.41, 5.74) is 2.02. The third-order valence-electron chi connectivity index (χ3n) is 2.07. The van der Waals surface area contributed by atoms with Crippen LogP contribution in [0.4, 0.5) is 0 Å². The molecule has 13 heavy (non-hydrogen) atoms. The highest BCUT2D eigenvalue weighted by Crippen LogP contribution is 2.20. The Bertz CT molecular complexity index is 289. The van der Waals surface area contributed by atoms with Crippen molar-refractivity contribution in [2.24, 2.45) is 0 Å². The molecule has 1 rings (SSSR count). The molecule has 1 nitrogen and oxygen atoms in total. The number of rotatable bonds is 3. The van der Waals surface area contributed by atoms with Gasteiger partial charge in [0, 0.05) is 10.6 Å². The van der Waals surface area contributed by atoms with E-state index in [-0.39, 0.29) is 0 Å². The van der Waals surface area contributed by atoms with Gasteiger partial charge in [-0.3, -0.25) is 0 Å². The Hall–Kier alpha value is -0.760. The van der Waals surface area contributed by atoms with Crippen LogP contribution in [0.25, 0.3) is 0 Å². The second-order valence-corrected chi connectivity index (χ2v) is 3.99. The van der Waals surface area contributed by atoms with E-state index in [9.17, 15) is 0 Å². The largest absolute Gasteiger partial charge is 0.310 e. The first-order valence-electron chi connectivity index (χ1n) is 4.42. The molecule has 0 aliphatic rings. The summed E-state index contributed by atoms with van der Waals surface area (Å²) in [6.07, 6.45) is 0.839. The van der Waals surface area contributed by atoms with E-state index in [0.29, 0.717) is 5.92 Å². The molecule has 0 radical (unpaired) electrons. The van der Waals surface area contributed by atoms with Crippen molar-refractivity contribution in [2.75, 3.05) is 0 Å². The normalized spacial score (nSPS) is 12.5. The van der Waals surface area contributed by atoms with Crippen molar-refractivity contribution in [3.05, 3.63) is 29.8 Å². The van der Waals surface area contributed by atoms with Crippen LogP contribution in [0.2, 0.25) is 0 Å². The molecule has 0 aliphatic heterocycles. The fourth-order valence-corrected chi connectivity index (χ4v) is 1.53. The van der Waals surface area contributed by atoms with Crippen LogP contribution in [0, 0.1) is 5.41 Å². The molecule has 0 saturated carbocycles. The SMILES string of the molecule is CC(=N)CC(C)c1ccc(S)cc1. The van der Waals surface area contributed by atoms with Crippen molar-refractivity contribution in [1.82, 2.24) is 0 Å². The minimum atomic E-state index is 0.437. The van der Waals surface area contributed by atoms with Gasteiger partial charge < -0.3 is 5.41 Å². The molecule has 0 spiro atoms. The van der Waals surface area contributed by atoms with Crippen molar-refractivity contribution < 1.29 is 0 Å². The standard InChI is InChI=1S/C11H15NS/c1-8(7-9(2)12)10-3-5-11(13)6-4-10/h3-6,8,12-13H,7H2,1-2H3. The highest BCUT2D eigenvalue weighted by Gasteiger charge is 2.05. The minimum Gasteiger partial charge on any atom is -0.310 e. The summed E-state index contributed by atoms with van der Waals surface area (Å²) >= 11 is 4.23. The Morgan fingerprint density at radius 2 is 1.92 bits per heavy atom. The van der Waals surface area contributed by atoms with Crippen LogP contribution in [0.3, 0.4) is 0 Å². The fourth-order valence-electron chi connectivity index (χ4n) is 1.38. The second-order valence-electron chi connectivity index (χ2n) is 3.48. The van der Waals surface area contributed by atoms with Gasteiger partial charge in [0.05, 0.1) is 0 Å². The summed E-state index contributed by atoms with van der Waals surface area (Å²) in [5, 5.41) is 7.40. The molecule has 1 aromatic rings. The van der Waals surface area contributed by atoms with E-state index in [2.05, 4.69) is 31.7 Å². The topological polar surface area (TPSA) is 23.9 Å². The average molecular weight is 193 g/mol. The smallest absolute Gasteiger partial charge is 0.00642 e. The third kappa shape index (κ3) is 3.23. The Balaban J connectivity index is 2.71. The summed E-state index contributed by atoms with van der Waals surface area (Å²) in [7, 11) is 0. The van der Waals surface area contributed by atoms with Gasteiger partial charge in [-0.15, -0.1) is 12.6 Å². The van der Waals surface area contributed by atoms with Crippen LogP contribution >= 0.6 is 12.6 Å². The Labute approximate surface area is 85.1 Å². The zero-order valence-corrected chi connectivity index (χ0v) is 8.94. The van der Waals surface area contributed by atoms with Gasteiger partial charge in [-0.2, -0.15) is 0 Å². The van der Waals surface area contributed by atoms with E-state index in [1.807, 2.05) is 19.1 Å². The van der Waals surface area contributed by atoms with Crippen molar-refractivity contribution in [1.29, 1.82) is 5.41 Å². The Kier molecular flexibility index (Phi) is 3.55. The van der Waals surface area contributed by atoms with E-state index in [1.54, 1.807) is 0 Å². The molecule has 1 aromatic carbocycles. The maximum atomic E-state index is 7.40. The van der Waals surface area contributed by atoms with Gasteiger partial charge in [0.2, 0.25) is 0 Å². The lowest BCUT2D eigenvalue weighted by Crippen LogP contribution is -1.99. The van der Waals surface area contributed by atoms with Gasteiger partial charge in [-0.1, -0.05) is 19.1 Å². The quantitative estimate of drug-likeness (QED) is 0.542. The highest BCUT2D eigenvalue weighted by molar-refractivity contribution is 7.80. The van der Waals surface area contributed by atoms with Crippen LogP contribution in [-0.4, -0.2) is 5.71 Å². The van der Waals surface area contributed by atoms with Gasteiger partial charge in [-0.05, 0) is 37.0 Å². The molecular formula is C11H15NS. The monoisotopic (exact) mass is 193 g/mol. The Morgan fingerprint density at radius 3 is 2.38 bits per heavy atom. The molecule has 0 saturated heterocycles. The molecule has 0 aliphatic carbocycles. The summed E-state index contributed by atoms with van der Waals surface area (Å²) in [4.78, 5) is 0.988. The molecule has 0 aromatic heterocycles. The Morgan fingerprint density at radius 1 is 1.38 bits per heavy atom. The third-order valence-corrected chi connectivity index (χ3v) is 2.37. The van der Waals surface area contributed by atoms with Crippen LogP contribution in [0.5, 0.6) is 0 Å². The van der Waals surface area contributed by atoms with Gasteiger partial charge in [0.15, 0.2) is 0 Å². The van der Waals surface area contributed by atoms with Gasteiger partial charge >= 0.3 is 0 Å². The summed E-state index contributed by atoms with van der Waals surface area (Å²) in [6, 6.07) is 8.15. The average Bonchev–Trinajstić information content (AvgIpc) is 2.04.